The number of nitrogens with zero attached hydrogens (tertiary/aromatic N) is 3. The third kappa shape index (κ3) is 1.51. The summed E-state index contributed by atoms with van der Waals surface area (Å²) in [6, 6.07) is 2.11. The highest BCUT2D eigenvalue weighted by atomic mass is 16.2. The summed E-state index contributed by atoms with van der Waals surface area (Å²) >= 11 is 0. The number of hydrogen-bond acceptors (Lipinski definition) is 2. The fourth-order valence-corrected chi connectivity index (χ4v) is 2.61. The topological polar surface area (TPSA) is 38.1 Å². The van der Waals surface area contributed by atoms with Crippen LogP contribution >= 0.6 is 0 Å². The van der Waals surface area contributed by atoms with Crippen molar-refractivity contribution in [3.63, 3.8) is 0 Å². The van der Waals surface area contributed by atoms with E-state index < -0.39 is 0 Å². The van der Waals surface area contributed by atoms with Crippen molar-refractivity contribution in [1.29, 1.82) is 0 Å². The summed E-state index contributed by atoms with van der Waals surface area (Å²) in [5.41, 5.74) is 3.26. The molecule has 0 aromatic carbocycles. The van der Waals surface area contributed by atoms with Crippen LogP contribution in [0.25, 0.3) is 5.57 Å². The van der Waals surface area contributed by atoms with E-state index in [-0.39, 0.29) is 11.3 Å². The molecule has 3 rings (SSSR count). The third-order valence-corrected chi connectivity index (χ3v) is 3.86. The van der Waals surface area contributed by atoms with E-state index in [1.165, 1.54) is 5.69 Å². The molecule has 2 heterocycles. The highest BCUT2D eigenvalue weighted by Gasteiger charge is 2.49. The maximum absolute atomic E-state index is 11.9. The molecule has 90 valence electrons. The molecule has 2 aliphatic rings. The van der Waals surface area contributed by atoms with Crippen LogP contribution in [0.5, 0.6) is 0 Å². The Labute approximate surface area is 101 Å². The molecule has 1 aliphatic heterocycles. The van der Waals surface area contributed by atoms with Gasteiger partial charge in [-0.05, 0) is 31.4 Å². The largest absolute Gasteiger partial charge is 0.343 e. The van der Waals surface area contributed by atoms with Crippen molar-refractivity contribution in [3.8, 4) is 0 Å². The summed E-state index contributed by atoms with van der Waals surface area (Å²) in [5.74, 6) is 0.145. The van der Waals surface area contributed by atoms with Gasteiger partial charge in [-0.3, -0.25) is 9.48 Å². The average molecular weight is 231 g/mol. The molecule has 1 aromatic heterocycles. The van der Waals surface area contributed by atoms with Gasteiger partial charge in [0.25, 0.3) is 0 Å². The Morgan fingerprint density at radius 3 is 2.82 bits per heavy atom. The minimum Gasteiger partial charge on any atom is -0.343 e. The monoisotopic (exact) mass is 231 g/mol. The first kappa shape index (κ1) is 10.6. The maximum Gasteiger partial charge on any atom is 0.244 e. The van der Waals surface area contributed by atoms with Gasteiger partial charge in [0.15, 0.2) is 0 Å². The smallest absolute Gasteiger partial charge is 0.244 e. The molecule has 1 aromatic rings. The molecule has 1 aliphatic carbocycles. The van der Waals surface area contributed by atoms with Crippen LogP contribution in [0.1, 0.15) is 31.2 Å². The van der Waals surface area contributed by atoms with Crippen molar-refractivity contribution >= 4 is 11.5 Å². The Morgan fingerprint density at radius 2 is 2.24 bits per heavy atom. The van der Waals surface area contributed by atoms with Gasteiger partial charge in [-0.15, -0.1) is 0 Å². The zero-order chi connectivity index (χ0) is 12.2. The molecule has 0 unspecified atom stereocenters. The maximum atomic E-state index is 11.9. The number of amides is 1. The van der Waals surface area contributed by atoms with Gasteiger partial charge in [0, 0.05) is 24.7 Å². The number of allylic oxidation sites excluding steroid dienone is 1. The minimum absolute atomic E-state index is 0.145. The van der Waals surface area contributed by atoms with Gasteiger partial charge >= 0.3 is 0 Å². The molecular formula is C13H17N3O. The van der Waals surface area contributed by atoms with Crippen molar-refractivity contribution in [3.05, 3.63) is 24.0 Å². The number of hydrogen-bond donors (Lipinski definition) is 0. The lowest BCUT2D eigenvalue weighted by Gasteiger charge is -2.18. The van der Waals surface area contributed by atoms with Gasteiger partial charge in [0.2, 0.25) is 5.91 Å². The second kappa shape index (κ2) is 3.22. The number of fused-ring (bicyclic) bond motifs is 2. The van der Waals surface area contributed by atoms with Crippen LogP contribution in [0, 0.1) is 0 Å². The van der Waals surface area contributed by atoms with Crippen molar-refractivity contribution in [2.45, 2.75) is 31.7 Å². The van der Waals surface area contributed by atoms with Crippen LogP contribution in [0.2, 0.25) is 0 Å². The summed E-state index contributed by atoms with van der Waals surface area (Å²) < 4.78 is 1.88. The summed E-state index contributed by atoms with van der Waals surface area (Å²) in [6.07, 6.45) is 2.32. The standard InChI is InChI=1S/C13H17N3O/c1-9(2)10-6-11-13(4-5-13)8-15(3)12(17)7-16(11)14-10/h6H,1,4-5,7-8H2,2-3H3. The van der Waals surface area contributed by atoms with E-state index in [1.807, 2.05) is 23.6 Å². The van der Waals surface area contributed by atoms with Gasteiger partial charge in [-0.25, -0.2) is 0 Å². The molecule has 4 heteroatoms. The highest BCUT2D eigenvalue weighted by molar-refractivity contribution is 5.77. The Kier molecular flexibility index (Phi) is 2.00. The lowest BCUT2D eigenvalue weighted by molar-refractivity contribution is -0.130. The van der Waals surface area contributed by atoms with Gasteiger partial charge in [-0.2, -0.15) is 5.10 Å². The molecule has 0 saturated heterocycles. The molecule has 0 atom stereocenters. The summed E-state index contributed by atoms with van der Waals surface area (Å²) in [4.78, 5) is 13.7. The number of rotatable bonds is 1. The van der Waals surface area contributed by atoms with Crippen molar-refractivity contribution in [2.75, 3.05) is 13.6 Å². The van der Waals surface area contributed by atoms with E-state index in [0.717, 1.165) is 30.7 Å². The first-order valence-corrected chi connectivity index (χ1v) is 6.00. The molecule has 0 N–H and O–H groups in total. The van der Waals surface area contributed by atoms with E-state index in [0.29, 0.717) is 6.54 Å². The number of carbonyl (C=O) groups excluding carboxylic acids is 1. The van der Waals surface area contributed by atoms with E-state index in [9.17, 15) is 4.79 Å². The first-order chi connectivity index (χ1) is 8.02. The molecular weight excluding hydrogens is 214 g/mol. The summed E-state index contributed by atoms with van der Waals surface area (Å²) in [6.45, 7) is 7.07. The van der Waals surface area contributed by atoms with Crippen LogP contribution in [-0.4, -0.2) is 34.2 Å². The fourth-order valence-electron chi connectivity index (χ4n) is 2.61. The Morgan fingerprint density at radius 1 is 1.53 bits per heavy atom. The predicted molar refractivity (Wildman–Crippen MR) is 65.5 cm³/mol. The molecule has 4 nitrogen and oxygen atoms in total. The molecule has 17 heavy (non-hydrogen) atoms. The van der Waals surface area contributed by atoms with Crippen LogP contribution in [0.4, 0.5) is 0 Å². The van der Waals surface area contributed by atoms with Crippen molar-refractivity contribution in [2.24, 2.45) is 0 Å². The lowest BCUT2D eigenvalue weighted by Crippen LogP contribution is -2.32. The quantitative estimate of drug-likeness (QED) is 0.733. The van der Waals surface area contributed by atoms with Gasteiger partial charge in [0.1, 0.15) is 6.54 Å². The Hall–Kier alpha value is -1.58. The van der Waals surface area contributed by atoms with E-state index in [1.54, 1.807) is 0 Å². The van der Waals surface area contributed by atoms with E-state index >= 15 is 0 Å². The summed E-state index contributed by atoms with van der Waals surface area (Å²) in [5, 5.41) is 4.50. The minimum atomic E-state index is 0.145. The second-order valence-corrected chi connectivity index (χ2v) is 5.38. The normalized spacial score (nSPS) is 21.3. The van der Waals surface area contributed by atoms with Crippen LogP contribution in [0.3, 0.4) is 0 Å². The predicted octanol–water partition coefficient (Wildman–Crippen LogP) is 1.42. The van der Waals surface area contributed by atoms with Gasteiger partial charge in [0.05, 0.1) is 5.69 Å². The van der Waals surface area contributed by atoms with Crippen molar-refractivity contribution < 1.29 is 4.79 Å². The molecule has 0 bridgehead atoms. The summed E-state index contributed by atoms with van der Waals surface area (Å²) in [7, 11) is 1.88. The molecule has 0 radical (unpaired) electrons. The van der Waals surface area contributed by atoms with Crippen LogP contribution in [0.15, 0.2) is 12.6 Å². The number of carbonyl (C=O) groups is 1. The number of aromatic nitrogens is 2. The Balaban J connectivity index is 2.09. The highest BCUT2D eigenvalue weighted by Crippen LogP contribution is 2.49. The van der Waals surface area contributed by atoms with E-state index in [2.05, 4.69) is 17.7 Å². The second-order valence-electron chi connectivity index (χ2n) is 5.38. The van der Waals surface area contributed by atoms with Gasteiger partial charge in [-0.1, -0.05) is 6.58 Å². The Bertz CT molecular complexity index is 511. The fraction of sp³-hybridized carbons (Fsp3) is 0.538. The average Bonchev–Trinajstić information content (AvgIpc) is 2.91. The third-order valence-electron chi connectivity index (χ3n) is 3.86. The SMILES string of the molecule is C=C(C)c1cc2n(n1)CC(=O)N(C)CC21CC1. The first-order valence-electron chi connectivity index (χ1n) is 6.00. The zero-order valence-corrected chi connectivity index (χ0v) is 10.4. The molecule has 1 spiro atoms. The molecule has 1 fully saturated rings. The van der Waals surface area contributed by atoms with E-state index in [4.69, 9.17) is 0 Å². The van der Waals surface area contributed by atoms with Crippen LogP contribution in [-0.2, 0) is 16.8 Å². The lowest BCUT2D eigenvalue weighted by atomic mass is 10.0. The molecule has 1 saturated carbocycles. The zero-order valence-electron chi connectivity index (χ0n) is 10.4. The van der Waals surface area contributed by atoms with Crippen LogP contribution < -0.4 is 0 Å². The molecule has 1 amide bonds. The van der Waals surface area contributed by atoms with Gasteiger partial charge < -0.3 is 4.90 Å². The van der Waals surface area contributed by atoms with Crippen molar-refractivity contribution in [1.82, 2.24) is 14.7 Å². The number of likely N-dealkylation sites (N-methyl/N-ethyl adjacent to an activating group) is 1.